The molecule has 150 valence electrons. The van der Waals surface area contributed by atoms with Crippen molar-refractivity contribution in [3.63, 3.8) is 0 Å². The minimum absolute atomic E-state index is 0.105. The van der Waals surface area contributed by atoms with Gasteiger partial charge in [0.05, 0.1) is 11.3 Å². The highest BCUT2D eigenvalue weighted by Crippen LogP contribution is 2.36. The van der Waals surface area contributed by atoms with Gasteiger partial charge in [-0.3, -0.25) is 4.79 Å². The van der Waals surface area contributed by atoms with Gasteiger partial charge in [0.1, 0.15) is 16.9 Å². The molecule has 0 fully saturated rings. The van der Waals surface area contributed by atoms with E-state index in [-0.39, 0.29) is 17.7 Å². The predicted octanol–water partition coefficient (Wildman–Crippen LogP) is 4.74. The lowest BCUT2D eigenvalue weighted by Crippen LogP contribution is -2.15. The number of thiophene rings is 1. The smallest absolute Gasteiger partial charge is 0.235 e. The number of fused-ring (bicyclic) bond motifs is 1. The van der Waals surface area contributed by atoms with Crippen molar-refractivity contribution >= 4 is 34.0 Å². The summed E-state index contributed by atoms with van der Waals surface area (Å²) in [6.45, 7) is 6.23. The molecule has 0 bridgehead atoms. The summed E-state index contributed by atoms with van der Waals surface area (Å²) in [6, 6.07) is 2.58. The Balaban J connectivity index is 1.70. The highest BCUT2D eigenvalue weighted by molar-refractivity contribution is 7.99. The molecule has 6 nitrogen and oxygen atoms in total. The summed E-state index contributed by atoms with van der Waals surface area (Å²) in [4.78, 5) is 13.8. The van der Waals surface area contributed by atoms with E-state index in [0.717, 1.165) is 48.6 Å². The largest absolute Gasteiger partial charge is 0.316 e. The van der Waals surface area contributed by atoms with Crippen LogP contribution in [0, 0.1) is 11.3 Å². The summed E-state index contributed by atoms with van der Waals surface area (Å²) in [5, 5.41) is 22.6. The third-order valence-corrected chi connectivity index (χ3v) is 7.09. The van der Waals surface area contributed by atoms with E-state index in [1.807, 2.05) is 0 Å². The van der Waals surface area contributed by atoms with Gasteiger partial charge in [0.25, 0.3) is 0 Å². The number of rotatable bonds is 6. The summed E-state index contributed by atoms with van der Waals surface area (Å²) in [5.41, 5.74) is 1.82. The van der Waals surface area contributed by atoms with Crippen LogP contribution in [0.25, 0.3) is 0 Å². The second-order valence-corrected chi connectivity index (χ2v) is 9.33. The van der Waals surface area contributed by atoms with Crippen LogP contribution >= 0.6 is 23.1 Å². The van der Waals surface area contributed by atoms with Crippen molar-refractivity contribution in [3.8, 4) is 6.07 Å². The number of aromatic nitrogens is 3. The summed E-state index contributed by atoms with van der Waals surface area (Å²) in [7, 11) is 0. The second-order valence-electron chi connectivity index (χ2n) is 7.29. The maximum atomic E-state index is 12.6. The van der Waals surface area contributed by atoms with Gasteiger partial charge in [0.15, 0.2) is 5.16 Å². The number of anilines is 1. The van der Waals surface area contributed by atoms with Crippen molar-refractivity contribution < 1.29 is 4.79 Å². The lowest BCUT2D eigenvalue weighted by atomic mass is 9.97. The van der Waals surface area contributed by atoms with Gasteiger partial charge in [-0.15, -0.1) is 21.5 Å². The van der Waals surface area contributed by atoms with Gasteiger partial charge in [0.2, 0.25) is 5.91 Å². The predicted molar refractivity (Wildman–Crippen MR) is 114 cm³/mol. The second kappa shape index (κ2) is 9.57. The Labute approximate surface area is 174 Å². The molecule has 0 atom stereocenters. The first-order valence-electron chi connectivity index (χ1n) is 9.96. The first-order valence-corrected chi connectivity index (χ1v) is 11.8. The minimum Gasteiger partial charge on any atom is -0.316 e. The van der Waals surface area contributed by atoms with Gasteiger partial charge >= 0.3 is 0 Å². The normalized spacial score (nSPS) is 14.2. The first-order chi connectivity index (χ1) is 13.5. The van der Waals surface area contributed by atoms with Crippen LogP contribution in [0.5, 0.6) is 0 Å². The molecule has 1 amide bonds. The van der Waals surface area contributed by atoms with Gasteiger partial charge in [0, 0.05) is 17.3 Å². The molecular weight excluding hydrogens is 390 g/mol. The van der Waals surface area contributed by atoms with Gasteiger partial charge in [-0.2, -0.15) is 5.26 Å². The monoisotopic (exact) mass is 417 g/mol. The van der Waals surface area contributed by atoms with E-state index in [1.54, 1.807) is 11.3 Å². The molecule has 0 aliphatic heterocycles. The number of nitrogens with zero attached hydrogens (tertiary/aromatic N) is 4. The summed E-state index contributed by atoms with van der Waals surface area (Å²) in [6.07, 6.45) is 7.50. The molecule has 0 saturated carbocycles. The number of thioether (sulfide) groups is 1. The van der Waals surface area contributed by atoms with Crippen LogP contribution in [0.2, 0.25) is 0 Å². The van der Waals surface area contributed by atoms with Crippen molar-refractivity contribution in [2.45, 2.75) is 76.9 Å². The lowest BCUT2D eigenvalue weighted by molar-refractivity contribution is -0.113. The number of amides is 1. The third-order valence-electron chi connectivity index (χ3n) is 4.94. The van der Waals surface area contributed by atoms with Crippen LogP contribution in [-0.4, -0.2) is 26.4 Å². The molecule has 2 aromatic heterocycles. The molecule has 28 heavy (non-hydrogen) atoms. The molecule has 0 spiro atoms. The topological polar surface area (TPSA) is 83.6 Å². The Morgan fingerprint density at radius 1 is 1.29 bits per heavy atom. The molecule has 0 radical (unpaired) electrons. The van der Waals surface area contributed by atoms with Crippen molar-refractivity contribution in [2.24, 2.45) is 0 Å². The maximum Gasteiger partial charge on any atom is 0.235 e. The van der Waals surface area contributed by atoms with E-state index in [2.05, 4.69) is 46.9 Å². The molecule has 1 aliphatic rings. The fourth-order valence-electron chi connectivity index (χ4n) is 3.58. The van der Waals surface area contributed by atoms with Crippen LogP contribution in [0.1, 0.15) is 74.3 Å². The molecule has 1 aliphatic carbocycles. The standard InChI is InChI=1S/C20H27N5OS2/c1-4-17-23-24-20(25(17)13(2)3)27-12-18(26)22-19-15(11-21)14-9-7-5-6-8-10-16(14)28-19/h13H,4-10,12H2,1-3H3,(H,22,26). The fraction of sp³-hybridized carbons (Fsp3) is 0.600. The number of carbonyl (C=O) groups is 1. The van der Waals surface area contributed by atoms with Crippen molar-refractivity contribution in [2.75, 3.05) is 11.1 Å². The molecule has 3 rings (SSSR count). The number of hydrogen-bond donors (Lipinski definition) is 1. The quantitative estimate of drug-likeness (QED) is 0.686. The van der Waals surface area contributed by atoms with E-state index in [9.17, 15) is 10.1 Å². The Kier molecular flexibility index (Phi) is 7.13. The summed E-state index contributed by atoms with van der Waals surface area (Å²) in [5.74, 6) is 1.08. The molecule has 2 heterocycles. The molecular formula is C20H27N5OS2. The Morgan fingerprint density at radius 2 is 2.04 bits per heavy atom. The molecule has 1 N–H and O–H groups in total. The number of carbonyl (C=O) groups excluding carboxylic acids is 1. The number of aryl methyl sites for hydroxylation is 2. The van der Waals surface area contributed by atoms with Gasteiger partial charge in [-0.1, -0.05) is 31.5 Å². The lowest BCUT2D eigenvalue weighted by Gasteiger charge is -2.12. The van der Waals surface area contributed by atoms with Crippen LogP contribution in [0.15, 0.2) is 5.16 Å². The Morgan fingerprint density at radius 3 is 2.71 bits per heavy atom. The Bertz CT molecular complexity index is 878. The van der Waals surface area contributed by atoms with Crippen LogP contribution in [-0.2, 0) is 24.1 Å². The van der Waals surface area contributed by atoms with Crippen molar-refractivity contribution in [1.29, 1.82) is 5.26 Å². The van der Waals surface area contributed by atoms with Crippen molar-refractivity contribution in [3.05, 3.63) is 21.8 Å². The summed E-state index contributed by atoms with van der Waals surface area (Å²) >= 11 is 2.97. The highest BCUT2D eigenvalue weighted by Gasteiger charge is 2.21. The average Bonchev–Trinajstić information content (AvgIpc) is 3.20. The van der Waals surface area contributed by atoms with E-state index in [4.69, 9.17) is 0 Å². The highest BCUT2D eigenvalue weighted by atomic mass is 32.2. The molecule has 0 aromatic carbocycles. The average molecular weight is 418 g/mol. The molecule has 2 aromatic rings. The zero-order chi connectivity index (χ0) is 20.1. The zero-order valence-corrected chi connectivity index (χ0v) is 18.4. The third kappa shape index (κ3) is 4.58. The molecule has 8 heteroatoms. The maximum absolute atomic E-state index is 12.6. The molecule has 0 unspecified atom stereocenters. The van der Waals surface area contributed by atoms with Crippen LogP contribution in [0.4, 0.5) is 5.00 Å². The Hall–Kier alpha value is -1.85. The number of nitriles is 1. The van der Waals surface area contributed by atoms with E-state index < -0.39 is 0 Å². The fourth-order valence-corrected chi connectivity index (χ4v) is 5.73. The van der Waals surface area contributed by atoms with Gasteiger partial charge in [-0.25, -0.2) is 0 Å². The minimum atomic E-state index is -0.105. The van der Waals surface area contributed by atoms with Crippen molar-refractivity contribution in [1.82, 2.24) is 14.8 Å². The van der Waals surface area contributed by atoms with E-state index in [1.165, 1.54) is 29.5 Å². The molecule has 0 saturated heterocycles. The number of hydrogen-bond acceptors (Lipinski definition) is 6. The number of nitrogens with one attached hydrogen (secondary N) is 1. The van der Waals surface area contributed by atoms with Crippen LogP contribution in [0.3, 0.4) is 0 Å². The van der Waals surface area contributed by atoms with E-state index in [0.29, 0.717) is 10.6 Å². The van der Waals surface area contributed by atoms with Crippen LogP contribution < -0.4 is 5.32 Å². The summed E-state index contributed by atoms with van der Waals surface area (Å²) < 4.78 is 2.08. The zero-order valence-electron chi connectivity index (χ0n) is 16.7. The van der Waals surface area contributed by atoms with E-state index >= 15 is 0 Å². The van der Waals surface area contributed by atoms with Gasteiger partial charge in [-0.05, 0) is 45.1 Å². The first kappa shape index (κ1) is 20.9. The van der Waals surface area contributed by atoms with Gasteiger partial charge < -0.3 is 9.88 Å². The SMILES string of the molecule is CCc1nnc(SCC(=O)Nc2sc3c(c2C#N)CCCCCC3)n1C(C)C.